The maximum absolute atomic E-state index is 12.6. The molecule has 10 heteroatoms. The van der Waals surface area contributed by atoms with Crippen molar-refractivity contribution in [3.8, 4) is 0 Å². The summed E-state index contributed by atoms with van der Waals surface area (Å²) < 4.78 is 5.14. The molecule has 3 aromatic rings. The lowest BCUT2D eigenvalue weighted by molar-refractivity contribution is -0.384. The van der Waals surface area contributed by atoms with Gasteiger partial charge in [-0.3, -0.25) is 14.9 Å². The lowest BCUT2D eigenvalue weighted by Crippen LogP contribution is -2.27. The van der Waals surface area contributed by atoms with Gasteiger partial charge in [-0.05, 0) is 42.5 Å². The Morgan fingerprint density at radius 2 is 1.73 bits per heavy atom. The zero-order chi connectivity index (χ0) is 21.5. The molecule has 1 aromatic heterocycles. The Labute approximate surface area is 171 Å². The number of nitro benzene ring substituents is 1. The smallest absolute Gasteiger partial charge is 0.319 e. The summed E-state index contributed by atoms with van der Waals surface area (Å²) in [6, 6.07) is 13.5. The number of hydrogen-bond acceptors (Lipinski definition) is 6. The number of nitrogens with zero attached hydrogens (tertiary/aromatic N) is 1. The molecule has 0 saturated heterocycles. The maximum Gasteiger partial charge on any atom is 0.319 e. The standard InChI is InChI=1S/C20H19N5O5/c1-21-18-9-8-15(25(28)29)11-17(18)19(26)23-13-4-6-14(7-5-13)24-20(27)22-12-16-3-2-10-30-16/h2-11,21H,12H2,1H3,(H,23,26)(H2,22,24,27). The van der Waals surface area contributed by atoms with E-state index < -0.39 is 16.9 Å². The first-order valence-electron chi connectivity index (χ1n) is 8.91. The first kappa shape index (κ1) is 20.4. The fraction of sp³-hybridized carbons (Fsp3) is 0.100. The van der Waals surface area contributed by atoms with Crippen molar-refractivity contribution in [2.75, 3.05) is 23.0 Å². The minimum atomic E-state index is -0.562. The molecule has 0 fully saturated rings. The number of carbonyl (C=O) groups excluding carboxylic acids is 2. The second-order valence-electron chi connectivity index (χ2n) is 6.16. The van der Waals surface area contributed by atoms with Gasteiger partial charge in [0.1, 0.15) is 5.76 Å². The number of rotatable bonds is 7. The number of anilines is 3. The third kappa shape index (κ3) is 5.13. The second kappa shape index (κ2) is 9.24. The molecular weight excluding hydrogens is 390 g/mol. The molecule has 0 aliphatic carbocycles. The molecule has 0 atom stereocenters. The van der Waals surface area contributed by atoms with E-state index in [1.54, 1.807) is 43.4 Å². The maximum atomic E-state index is 12.6. The van der Waals surface area contributed by atoms with Crippen molar-refractivity contribution in [3.05, 3.63) is 82.3 Å². The average molecular weight is 409 g/mol. The number of hydrogen-bond donors (Lipinski definition) is 4. The van der Waals surface area contributed by atoms with Gasteiger partial charge >= 0.3 is 6.03 Å². The van der Waals surface area contributed by atoms with Crippen molar-refractivity contribution in [1.29, 1.82) is 0 Å². The van der Waals surface area contributed by atoms with Gasteiger partial charge in [-0.1, -0.05) is 0 Å². The minimum absolute atomic E-state index is 0.145. The van der Waals surface area contributed by atoms with E-state index >= 15 is 0 Å². The number of urea groups is 1. The largest absolute Gasteiger partial charge is 0.467 e. The van der Waals surface area contributed by atoms with Crippen molar-refractivity contribution < 1.29 is 18.9 Å². The third-order valence-electron chi connectivity index (χ3n) is 4.13. The normalized spacial score (nSPS) is 10.2. The zero-order valence-electron chi connectivity index (χ0n) is 16.0. The van der Waals surface area contributed by atoms with Crippen molar-refractivity contribution in [3.63, 3.8) is 0 Å². The average Bonchev–Trinajstić information content (AvgIpc) is 3.27. The molecule has 3 amide bonds. The molecule has 154 valence electrons. The van der Waals surface area contributed by atoms with Gasteiger partial charge in [0.15, 0.2) is 0 Å². The van der Waals surface area contributed by atoms with Gasteiger partial charge in [0.2, 0.25) is 0 Å². The summed E-state index contributed by atoms with van der Waals surface area (Å²) in [7, 11) is 1.62. The van der Waals surface area contributed by atoms with Gasteiger partial charge < -0.3 is 25.7 Å². The first-order chi connectivity index (χ1) is 14.5. The van der Waals surface area contributed by atoms with Crippen molar-refractivity contribution in [2.45, 2.75) is 6.54 Å². The van der Waals surface area contributed by atoms with Crippen LogP contribution in [0.1, 0.15) is 16.1 Å². The summed E-state index contributed by atoms with van der Waals surface area (Å²) in [5.41, 5.74) is 1.42. The van der Waals surface area contributed by atoms with Gasteiger partial charge in [-0.2, -0.15) is 0 Å². The van der Waals surface area contributed by atoms with Gasteiger partial charge in [-0.15, -0.1) is 0 Å². The Bertz CT molecular complexity index is 1050. The van der Waals surface area contributed by atoms with Crippen molar-refractivity contribution in [2.24, 2.45) is 0 Å². The summed E-state index contributed by atoms with van der Waals surface area (Å²) in [6.07, 6.45) is 1.52. The van der Waals surface area contributed by atoms with Crippen LogP contribution in [-0.4, -0.2) is 23.9 Å². The summed E-state index contributed by atoms with van der Waals surface area (Å²) in [4.78, 5) is 34.9. The summed E-state index contributed by atoms with van der Waals surface area (Å²) in [5, 5.41) is 21.8. The highest BCUT2D eigenvalue weighted by molar-refractivity contribution is 6.08. The topological polar surface area (TPSA) is 139 Å². The summed E-state index contributed by atoms with van der Waals surface area (Å²) >= 11 is 0. The molecule has 0 aliphatic rings. The van der Waals surface area contributed by atoms with Gasteiger partial charge in [0.25, 0.3) is 11.6 Å². The first-order valence-corrected chi connectivity index (χ1v) is 8.91. The van der Waals surface area contributed by atoms with Crippen LogP contribution < -0.4 is 21.3 Å². The van der Waals surface area contributed by atoms with E-state index in [0.717, 1.165) is 0 Å². The molecule has 0 radical (unpaired) electrons. The highest BCUT2D eigenvalue weighted by Crippen LogP contribution is 2.23. The Morgan fingerprint density at radius 1 is 1.03 bits per heavy atom. The number of nitrogens with one attached hydrogen (secondary N) is 4. The SMILES string of the molecule is CNc1ccc([N+](=O)[O-])cc1C(=O)Nc1ccc(NC(=O)NCc2ccco2)cc1. The predicted molar refractivity (Wildman–Crippen MR) is 112 cm³/mol. The number of nitro groups is 1. The van der Waals surface area contributed by atoms with Crippen LogP contribution in [0.2, 0.25) is 0 Å². The highest BCUT2D eigenvalue weighted by atomic mass is 16.6. The van der Waals surface area contributed by atoms with Crippen molar-refractivity contribution in [1.82, 2.24) is 5.32 Å². The highest BCUT2D eigenvalue weighted by Gasteiger charge is 2.16. The number of furan rings is 1. The van der Waals surface area contributed by atoms with E-state index in [9.17, 15) is 19.7 Å². The Kier molecular flexibility index (Phi) is 6.28. The van der Waals surface area contributed by atoms with Crippen LogP contribution in [-0.2, 0) is 6.54 Å². The van der Waals surface area contributed by atoms with Crippen molar-refractivity contribution >= 4 is 34.7 Å². The molecule has 0 saturated carbocycles. The fourth-order valence-electron chi connectivity index (χ4n) is 2.64. The quantitative estimate of drug-likeness (QED) is 0.346. The molecule has 0 spiro atoms. The molecule has 4 N–H and O–H groups in total. The molecule has 10 nitrogen and oxygen atoms in total. The van der Waals surface area contributed by atoms with Gasteiger partial charge in [0, 0.05) is 36.2 Å². The fourth-order valence-corrected chi connectivity index (χ4v) is 2.64. The number of non-ortho nitro benzene ring substituents is 1. The Hall–Kier alpha value is -4.34. The molecule has 2 aromatic carbocycles. The van der Waals surface area contributed by atoms with Crippen LogP contribution >= 0.6 is 0 Å². The number of benzene rings is 2. The molecular formula is C20H19N5O5. The monoisotopic (exact) mass is 409 g/mol. The molecule has 30 heavy (non-hydrogen) atoms. The van der Waals surface area contributed by atoms with Gasteiger partial charge in [0.05, 0.1) is 23.3 Å². The molecule has 0 bridgehead atoms. The van der Waals surface area contributed by atoms with E-state index in [4.69, 9.17) is 4.42 Å². The van der Waals surface area contributed by atoms with Gasteiger partial charge in [-0.25, -0.2) is 4.79 Å². The summed E-state index contributed by atoms with van der Waals surface area (Å²) in [5.74, 6) is 0.130. The van der Waals surface area contributed by atoms with E-state index in [-0.39, 0.29) is 17.8 Å². The molecule has 3 rings (SSSR count). The van der Waals surface area contributed by atoms with Crippen LogP contribution in [0.5, 0.6) is 0 Å². The van der Waals surface area contributed by atoms with Crippen LogP contribution in [0.4, 0.5) is 27.5 Å². The lowest BCUT2D eigenvalue weighted by Gasteiger charge is -2.11. The minimum Gasteiger partial charge on any atom is -0.467 e. The lowest BCUT2D eigenvalue weighted by atomic mass is 10.1. The van der Waals surface area contributed by atoms with E-state index in [1.807, 2.05) is 0 Å². The van der Waals surface area contributed by atoms with E-state index in [1.165, 1.54) is 24.5 Å². The second-order valence-corrected chi connectivity index (χ2v) is 6.16. The van der Waals surface area contributed by atoms with Crippen LogP contribution in [0.3, 0.4) is 0 Å². The predicted octanol–water partition coefficient (Wildman–Crippen LogP) is 3.80. The van der Waals surface area contributed by atoms with E-state index in [0.29, 0.717) is 22.8 Å². The Morgan fingerprint density at radius 3 is 2.33 bits per heavy atom. The van der Waals surface area contributed by atoms with E-state index in [2.05, 4.69) is 21.3 Å². The Balaban J connectivity index is 1.61. The molecule has 0 unspecified atom stereocenters. The number of carbonyl (C=O) groups is 2. The molecule has 0 aliphatic heterocycles. The van der Waals surface area contributed by atoms with Crippen LogP contribution in [0, 0.1) is 10.1 Å². The summed E-state index contributed by atoms with van der Waals surface area (Å²) in [6.45, 7) is 0.254. The van der Waals surface area contributed by atoms with Crippen LogP contribution in [0.25, 0.3) is 0 Å². The third-order valence-corrected chi connectivity index (χ3v) is 4.13. The zero-order valence-corrected chi connectivity index (χ0v) is 16.0. The molecule has 1 heterocycles. The van der Waals surface area contributed by atoms with Crippen LogP contribution in [0.15, 0.2) is 65.3 Å². The number of amides is 3.